The number of Topliss-reactive ketones (excluding diaryl/α,β-unsaturated/α-hetero) is 1. The molecule has 11 nitrogen and oxygen atoms in total. The first-order valence-electron chi connectivity index (χ1n) is 21.8. The molecule has 5 aromatic carbocycles. The van der Waals surface area contributed by atoms with Gasteiger partial charge in [-0.3, -0.25) is 4.79 Å². The monoisotopic (exact) mass is 1070 g/mol. The second-order valence-electron chi connectivity index (χ2n) is 15.8. The Hall–Kier alpha value is -3.47. The van der Waals surface area contributed by atoms with Gasteiger partial charge in [-0.25, -0.2) is 17.6 Å². The summed E-state index contributed by atoms with van der Waals surface area (Å²) in [5.74, 6) is -6.63. The SMILES string of the molecule is COCCOCCOCCOc1ccc(C2(c3ccc(COCCOCCOCCO)c(C(C)=O)c3)c3cc(C)ccc3-c3ccc(C)cc32)cc1C(=O)[O-].Cc1c(F)c(F)c(C)c(F)c1F.[Cs+]. The van der Waals surface area contributed by atoms with Crippen LogP contribution in [0.1, 0.15) is 77.7 Å². The number of rotatable bonds is 24. The zero-order valence-corrected chi connectivity index (χ0v) is 45.9. The largest absolute Gasteiger partial charge is 1.00 e. The number of halogens is 4. The predicted octanol–water partition coefficient (Wildman–Crippen LogP) is 4.70. The fourth-order valence-electron chi connectivity index (χ4n) is 7.86. The maximum absolute atomic E-state index is 13.3. The van der Waals surface area contributed by atoms with Crippen molar-refractivity contribution in [1.29, 1.82) is 0 Å². The Morgan fingerprint density at radius 3 is 1.49 bits per heavy atom. The van der Waals surface area contributed by atoms with Crippen molar-refractivity contribution in [2.45, 2.75) is 46.6 Å². The number of hydrogen-bond donors (Lipinski definition) is 1. The number of carboxylic acid groups (broad SMARTS) is 1. The Labute approximate surface area is 453 Å². The van der Waals surface area contributed by atoms with Crippen LogP contribution in [0.3, 0.4) is 0 Å². The van der Waals surface area contributed by atoms with Gasteiger partial charge in [0.2, 0.25) is 0 Å². The number of methoxy groups -OCH3 is 1. The summed E-state index contributed by atoms with van der Waals surface area (Å²) in [6.07, 6.45) is 0. The average molecular weight is 1070 g/mol. The first-order valence-corrected chi connectivity index (χ1v) is 21.8. The molecule has 0 saturated carbocycles. The van der Waals surface area contributed by atoms with Crippen LogP contribution in [0.15, 0.2) is 72.8 Å². The molecule has 68 heavy (non-hydrogen) atoms. The smallest absolute Gasteiger partial charge is 0.545 e. The standard InChI is InChI=1S/C44H52O11.C8H6F4.Cs/c1-30-5-10-36-37-11-6-31(2)26-41(37)44(40(36)25-30,34-8-7-33(38(27-34)32(3)46)29-54-22-21-52-18-17-50-14-13-45)35-9-12-42(39(28-35)43(47)48)55-24-23-53-20-19-51-16-15-49-4;1-3-5(9)7(11)4(2)8(12)6(3)10;/h5-12,25-28,45H,13-24,29H2,1-4H3,(H,47,48);1-2H3;/q;;+1/p-1. The number of carbonyl (C=O) groups is 2. The summed E-state index contributed by atoms with van der Waals surface area (Å²) in [4.78, 5) is 26.1. The summed E-state index contributed by atoms with van der Waals surface area (Å²) in [5, 5.41) is 21.6. The van der Waals surface area contributed by atoms with E-state index in [9.17, 15) is 32.3 Å². The minimum absolute atomic E-state index is 0. The molecule has 0 atom stereocenters. The fourth-order valence-corrected chi connectivity index (χ4v) is 7.86. The Kier molecular flexibility index (Phi) is 23.3. The molecule has 16 heteroatoms. The molecular formula is C52H57CsF4O11. The van der Waals surface area contributed by atoms with Crippen molar-refractivity contribution in [3.8, 4) is 16.9 Å². The van der Waals surface area contributed by atoms with Gasteiger partial charge in [-0.2, -0.15) is 0 Å². The normalized spacial score (nSPS) is 12.2. The van der Waals surface area contributed by atoms with Gasteiger partial charge in [-0.15, -0.1) is 0 Å². The van der Waals surface area contributed by atoms with E-state index in [1.165, 1.54) is 6.92 Å². The minimum Gasteiger partial charge on any atom is -0.545 e. The molecule has 0 aliphatic heterocycles. The van der Waals surface area contributed by atoms with Crippen molar-refractivity contribution < 1.29 is 139 Å². The van der Waals surface area contributed by atoms with Crippen LogP contribution in [-0.4, -0.2) is 103 Å². The number of benzene rings is 5. The Morgan fingerprint density at radius 2 is 1.01 bits per heavy atom. The third-order valence-corrected chi connectivity index (χ3v) is 11.2. The van der Waals surface area contributed by atoms with E-state index in [-0.39, 0.29) is 119 Å². The van der Waals surface area contributed by atoms with Crippen molar-refractivity contribution in [2.24, 2.45) is 0 Å². The molecule has 0 bridgehead atoms. The van der Waals surface area contributed by atoms with E-state index in [0.29, 0.717) is 64.0 Å². The second kappa shape index (κ2) is 27.8. The Bertz CT molecular complexity index is 2260. The number of aliphatic hydroxyl groups excluding tert-OH is 1. The first-order chi connectivity index (χ1) is 32.2. The minimum atomic E-state index is -1.37. The molecule has 1 aliphatic rings. The van der Waals surface area contributed by atoms with Gasteiger partial charge in [-0.1, -0.05) is 65.7 Å². The van der Waals surface area contributed by atoms with E-state index < -0.39 is 45.8 Å². The number of ketones is 1. The predicted molar refractivity (Wildman–Crippen MR) is 241 cm³/mol. The van der Waals surface area contributed by atoms with Crippen molar-refractivity contribution >= 4 is 11.8 Å². The molecule has 0 fully saturated rings. The van der Waals surface area contributed by atoms with Crippen molar-refractivity contribution in [3.63, 3.8) is 0 Å². The van der Waals surface area contributed by atoms with Crippen molar-refractivity contribution in [3.05, 3.63) is 157 Å². The third kappa shape index (κ3) is 13.9. The fraction of sp³-hybridized carbons (Fsp3) is 0.385. The van der Waals surface area contributed by atoms with E-state index in [1.807, 2.05) is 38.1 Å². The molecule has 360 valence electrons. The number of aliphatic hydroxyl groups is 1. The molecule has 0 heterocycles. The van der Waals surface area contributed by atoms with Crippen LogP contribution in [-0.2, 0) is 40.4 Å². The molecule has 0 spiro atoms. The molecule has 0 saturated heterocycles. The van der Waals surface area contributed by atoms with Crippen LogP contribution in [0.5, 0.6) is 5.75 Å². The van der Waals surface area contributed by atoms with Crippen molar-refractivity contribution in [1.82, 2.24) is 0 Å². The first kappa shape index (κ1) is 57.1. The van der Waals surface area contributed by atoms with Gasteiger partial charge in [0.25, 0.3) is 0 Å². The molecule has 0 unspecified atom stereocenters. The summed E-state index contributed by atoms with van der Waals surface area (Å²) in [7, 11) is 1.61. The number of aromatic carboxylic acids is 1. The third-order valence-electron chi connectivity index (χ3n) is 11.2. The zero-order chi connectivity index (χ0) is 48.7. The van der Waals surface area contributed by atoms with Gasteiger partial charge in [-0.05, 0) is 91.8 Å². The molecule has 1 aliphatic carbocycles. The van der Waals surface area contributed by atoms with Crippen LogP contribution in [0.4, 0.5) is 17.6 Å². The van der Waals surface area contributed by atoms with Crippen LogP contribution in [0, 0.1) is 51.0 Å². The molecule has 0 amide bonds. The second-order valence-corrected chi connectivity index (χ2v) is 15.8. The Balaban J connectivity index is 0.000000675. The average Bonchev–Trinajstić information content (AvgIpc) is 3.60. The maximum Gasteiger partial charge on any atom is 1.00 e. The van der Waals surface area contributed by atoms with Gasteiger partial charge >= 0.3 is 68.9 Å². The quantitative estimate of drug-likeness (QED) is 0.0391. The number of ether oxygens (including phenoxy) is 7. The molecule has 6 rings (SSSR count). The number of carboxylic acids is 1. The van der Waals surface area contributed by atoms with Gasteiger partial charge in [0, 0.05) is 29.4 Å². The number of hydrogen-bond acceptors (Lipinski definition) is 11. The number of fused-ring (bicyclic) bond motifs is 3. The zero-order valence-electron chi connectivity index (χ0n) is 39.7. The molecular weight excluding hydrogens is 1010 g/mol. The van der Waals surface area contributed by atoms with Crippen LogP contribution in [0.25, 0.3) is 11.1 Å². The van der Waals surface area contributed by atoms with Gasteiger partial charge in [0.1, 0.15) is 12.4 Å². The van der Waals surface area contributed by atoms with Crippen LogP contribution >= 0.6 is 0 Å². The van der Waals surface area contributed by atoms with Crippen LogP contribution < -0.4 is 78.7 Å². The molecule has 0 radical (unpaired) electrons. The van der Waals surface area contributed by atoms with Gasteiger partial charge < -0.3 is 48.2 Å². The van der Waals surface area contributed by atoms with E-state index in [2.05, 4.69) is 36.4 Å². The van der Waals surface area contributed by atoms with E-state index in [4.69, 9.17) is 38.3 Å². The summed E-state index contributed by atoms with van der Waals surface area (Å²) >= 11 is 0. The molecule has 5 aromatic rings. The molecule has 0 aromatic heterocycles. The summed E-state index contributed by atoms with van der Waals surface area (Å²) in [5.41, 5.74) is 6.48. The topological polar surface area (TPSA) is 142 Å². The number of carbonyl (C=O) groups excluding carboxylic acids is 2. The summed E-state index contributed by atoms with van der Waals surface area (Å²) in [6, 6.07) is 23.7. The Morgan fingerprint density at radius 1 is 0.574 bits per heavy atom. The summed E-state index contributed by atoms with van der Waals surface area (Å²) < 4.78 is 89.2. The van der Waals surface area contributed by atoms with Crippen LogP contribution in [0.2, 0.25) is 0 Å². The van der Waals surface area contributed by atoms with Crippen molar-refractivity contribution in [2.75, 3.05) is 86.4 Å². The van der Waals surface area contributed by atoms with Gasteiger partial charge in [0.15, 0.2) is 29.1 Å². The van der Waals surface area contributed by atoms with Gasteiger partial charge in [0.05, 0.1) is 90.7 Å². The number of aryl methyl sites for hydroxylation is 2. The maximum atomic E-state index is 13.3. The van der Waals surface area contributed by atoms with E-state index >= 15 is 0 Å². The molecule has 1 N–H and O–H groups in total. The van der Waals surface area contributed by atoms with E-state index in [1.54, 1.807) is 19.2 Å². The van der Waals surface area contributed by atoms with E-state index in [0.717, 1.165) is 58.4 Å². The summed E-state index contributed by atoms with van der Waals surface area (Å²) in [6.45, 7) is 11.5.